The highest BCUT2D eigenvalue weighted by Crippen LogP contribution is 2.36. The maximum Gasteiger partial charge on any atom is 0.154 e. The minimum Gasteiger partial charge on any atom is -0.497 e. The van der Waals surface area contributed by atoms with Crippen molar-refractivity contribution in [2.45, 2.75) is 18.9 Å². The molecular formula is C12H16N2OS. The molecule has 0 saturated heterocycles. The number of amidine groups is 1. The number of nitrogens with two attached hydrogens (primary N) is 1. The molecule has 0 radical (unpaired) electrons. The summed E-state index contributed by atoms with van der Waals surface area (Å²) in [7, 11) is 1.68. The van der Waals surface area contributed by atoms with Crippen LogP contribution in [0.25, 0.3) is 0 Å². The number of thioether (sulfide) groups is 1. The maximum atomic E-state index is 5.80. The molecule has 2 rings (SSSR count). The van der Waals surface area contributed by atoms with Crippen molar-refractivity contribution >= 4 is 16.9 Å². The SMILES string of the molecule is COc1cccc(C2(C)CCSC(N)=N2)c1. The number of rotatable bonds is 2. The number of hydrogen-bond donors (Lipinski definition) is 1. The van der Waals surface area contributed by atoms with Crippen LogP contribution in [0.5, 0.6) is 5.75 Å². The van der Waals surface area contributed by atoms with Gasteiger partial charge in [-0.2, -0.15) is 0 Å². The van der Waals surface area contributed by atoms with Crippen LogP contribution in [0, 0.1) is 0 Å². The van der Waals surface area contributed by atoms with Crippen molar-refractivity contribution in [1.29, 1.82) is 0 Å². The van der Waals surface area contributed by atoms with Crippen LogP contribution in [0.3, 0.4) is 0 Å². The average molecular weight is 236 g/mol. The Morgan fingerprint density at radius 3 is 3.00 bits per heavy atom. The molecule has 0 fully saturated rings. The number of methoxy groups -OCH3 is 1. The molecule has 0 aromatic heterocycles. The van der Waals surface area contributed by atoms with Gasteiger partial charge in [0.25, 0.3) is 0 Å². The molecule has 0 saturated carbocycles. The summed E-state index contributed by atoms with van der Waals surface area (Å²) in [5.41, 5.74) is 6.76. The largest absolute Gasteiger partial charge is 0.497 e. The number of ether oxygens (including phenoxy) is 1. The van der Waals surface area contributed by atoms with Crippen LogP contribution in [-0.4, -0.2) is 18.0 Å². The first-order valence-corrected chi connectivity index (χ1v) is 6.25. The highest BCUT2D eigenvalue weighted by atomic mass is 32.2. The summed E-state index contributed by atoms with van der Waals surface area (Å²) in [6.45, 7) is 2.12. The van der Waals surface area contributed by atoms with Gasteiger partial charge in [0.2, 0.25) is 0 Å². The van der Waals surface area contributed by atoms with E-state index in [0.29, 0.717) is 5.17 Å². The fourth-order valence-electron chi connectivity index (χ4n) is 1.85. The quantitative estimate of drug-likeness (QED) is 0.857. The third-order valence-corrected chi connectivity index (χ3v) is 3.68. The van der Waals surface area contributed by atoms with Crippen molar-refractivity contribution in [3.8, 4) is 5.75 Å². The molecule has 0 aliphatic carbocycles. The monoisotopic (exact) mass is 236 g/mol. The molecule has 16 heavy (non-hydrogen) atoms. The van der Waals surface area contributed by atoms with Crippen LogP contribution in [0.4, 0.5) is 0 Å². The van der Waals surface area contributed by atoms with Gasteiger partial charge in [-0.05, 0) is 31.0 Å². The third-order valence-electron chi connectivity index (χ3n) is 2.89. The van der Waals surface area contributed by atoms with Crippen LogP contribution >= 0.6 is 11.8 Å². The fourth-order valence-corrected chi connectivity index (χ4v) is 2.83. The summed E-state index contributed by atoms with van der Waals surface area (Å²) in [6.07, 6.45) is 1.01. The van der Waals surface area contributed by atoms with Crippen molar-refractivity contribution in [3.63, 3.8) is 0 Å². The Morgan fingerprint density at radius 1 is 1.50 bits per heavy atom. The minimum absolute atomic E-state index is 0.204. The van der Waals surface area contributed by atoms with Crippen LogP contribution in [0.15, 0.2) is 29.3 Å². The second-order valence-electron chi connectivity index (χ2n) is 4.05. The lowest BCUT2D eigenvalue weighted by atomic mass is 9.90. The Balaban J connectivity index is 2.38. The summed E-state index contributed by atoms with van der Waals surface area (Å²) in [4.78, 5) is 4.56. The molecule has 0 spiro atoms. The van der Waals surface area contributed by atoms with Crippen molar-refractivity contribution in [2.24, 2.45) is 10.7 Å². The molecule has 0 amide bonds. The van der Waals surface area contributed by atoms with E-state index in [9.17, 15) is 0 Å². The lowest BCUT2D eigenvalue weighted by Gasteiger charge is -2.29. The van der Waals surface area contributed by atoms with Gasteiger partial charge in [0.15, 0.2) is 5.17 Å². The van der Waals surface area contributed by atoms with Gasteiger partial charge in [-0.15, -0.1) is 0 Å². The first kappa shape index (κ1) is 11.3. The van der Waals surface area contributed by atoms with E-state index in [1.54, 1.807) is 18.9 Å². The molecule has 1 aromatic rings. The Labute approximate surface area is 100 Å². The molecule has 1 aromatic carbocycles. The molecule has 0 bridgehead atoms. The molecule has 1 unspecified atom stereocenters. The van der Waals surface area contributed by atoms with Crippen LogP contribution in [0.1, 0.15) is 18.9 Å². The van der Waals surface area contributed by atoms with E-state index >= 15 is 0 Å². The van der Waals surface area contributed by atoms with Crippen molar-refractivity contribution < 1.29 is 4.74 Å². The number of benzene rings is 1. The second kappa shape index (κ2) is 4.37. The van der Waals surface area contributed by atoms with Crippen molar-refractivity contribution in [1.82, 2.24) is 0 Å². The van der Waals surface area contributed by atoms with Crippen molar-refractivity contribution in [3.05, 3.63) is 29.8 Å². The van der Waals surface area contributed by atoms with Crippen LogP contribution < -0.4 is 10.5 Å². The highest BCUT2D eigenvalue weighted by molar-refractivity contribution is 8.13. The molecule has 86 valence electrons. The first-order chi connectivity index (χ1) is 7.64. The summed E-state index contributed by atoms with van der Waals surface area (Å²) < 4.78 is 5.23. The van der Waals surface area contributed by atoms with E-state index in [2.05, 4.69) is 18.0 Å². The Morgan fingerprint density at radius 2 is 2.31 bits per heavy atom. The van der Waals surface area contributed by atoms with E-state index in [1.807, 2.05) is 18.2 Å². The molecule has 1 aliphatic heterocycles. The smallest absolute Gasteiger partial charge is 0.154 e. The number of hydrogen-bond acceptors (Lipinski definition) is 4. The lowest BCUT2D eigenvalue weighted by Crippen LogP contribution is -2.28. The van der Waals surface area contributed by atoms with E-state index in [4.69, 9.17) is 10.5 Å². The molecule has 3 nitrogen and oxygen atoms in total. The molecule has 1 atom stereocenters. The Bertz CT molecular complexity index is 419. The van der Waals surface area contributed by atoms with Gasteiger partial charge in [0.1, 0.15) is 5.75 Å². The van der Waals surface area contributed by atoms with Gasteiger partial charge in [0.05, 0.1) is 12.6 Å². The normalized spacial score (nSPS) is 25.0. The Kier molecular flexibility index (Phi) is 3.10. The summed E-state index contributed by atoms with van der Waals surface area (Å²) in [5.74, 6) is 1.88. The number of nitrogens with zero attached hydrogens (tertiary/aromatic N) is 1. The van der Waals surface area contributed by atoms with E-state index in [0.717, 1.165) is 23.5 Å². The predicted molar refractivity (Wildman–Crippen MR) is 69.0 cm³/mol. The van der Waals surface area contributed by atoms with Crippen LogP contribution in [-0.2, 0) is 5.54 Å². The molecule has 4 heteroatoms. The molecular weight excluding hydrogens is 220 g/mol. The second-order valence-corrected chi connectivity index (χ2v) is 5.17. The molecule has 1 heterocycles. The van der Waals surface area contributed by atoms with Crippen LogP contribution in [0.2, 0.25) is 0 Å². The summed E-state index contributed by atoms with van der Waals surface area (Å²) >= 11 is 1.62. The zero-order chi connectivity index (χ0) is 11.6. The van der Waals surface area contributed by atoms with E-state index in [1.165, 1.54) is 0 Å². The highest BCUT2D eigenvalue weighted by Gasteiger charge is 2.29. The first-order valence-electron chi connectivity index (χ1n) is 5.27. The summed E-state index contributed by atoms with van der Waals surface area (Å²) in [5, 5.41) is 0.677. The zero-order valence-corrected chi connectivity index (χ0v) is 10.4. The number of aliphatic imine (C=N–C) groups is 1. The fraction of sp³-hybridized carbons (Fsp3) is 0.417. The standard InChI is InChI=1S/C12H16N2OS/c1-12(6-7-16-11(13)14-12)9-4-3-5-10(8-9)15-2/h3-5,8H,6-7H2,1-2H3,(H2,13,14). The average Bonchev–Trinajstić information content (AvgIpc) is 2.29. The zero-order valence-electron chi connectivity index (χ0n) is 9.56. The summed E-state index contributed by atoms with van der Waals surface area (Å²) in [6, 6.07) is 8.05. The van der Waals surface area contributed by atoms with Gasteiger partial charge in [-0.1, -0.05) is 23.9 Å². The third kappa shape index (κ3) is 2.16. The topological polar surface area (TPSA) is 47.6 Å². The minimum atomic E-state index is -0.204. The molecule has 1 aliphatic rings. The predicted octanol–water partition coefficient (Wildman–Crippen LogP) is 2.36. The van der Waals surface area contributed by atoms with Gasteiger partial charge in [0, 0.05) is 5.75 Å². The van der Waals surface area contributed by atoms with Gasteiger partial charge >= 0.3 is 0 Å². The maximum absolute atomic E-state index is 5.80. The molecule has 2 N–H and O–H groups in total. The Hall–Kier alpha value is -1.16. The van der Waals surface area contributed by atoms with Gasteiger partial charge < -0.3 is 10.5 Å². The van der Waals surface area contributed by atoms with Gasteiger partial charge in [-0.3, -0.25) is 4.99 Å². The lowest BCUT2D eigenvalue weighted by molar-refractivity contribution is 0.410. The van der Waals surface area contributed by atoms with Gasteiger partial charge in [-0.25, -0.2) is 0 Å². The van der Waals surface area contributed by atoms with Crippen molar-refractivity contribution in [2.75, 3.05) is 12.9 Å². The van der Waals surface area contributed by atoms with E-state index in [-0.39, 0.29) is 5.54 Å². The van der Waals surface area contributed by atoms with E-state index < -0.39 is 0 Å².